The molecule has 1 saturated heterocycles. The van der Waals surface area contributed by atoms with Gasteiger partial charge in [0, 0.05) is 23.8 Å². The minimum Gasteiger partial charge on any atom is -0.449 e. The SMILES string of the molecule is CCC(C)CC1C23C=CC4C#CCC(C56C=CC=CC5CCC6)CC=C(OC2=O)C3(C4)C12OC(=O)c1c(CCCN)cccc12. The van der Waals surface area contributed by atoms with Crippen LogP contribution in [0.15, 0.2) is 66.5 Å². The van der Waals surface area contributed by atoms with Gasteiger partial charge in [0.05, 0.1) is 11.0 Å². The molecule has 1 aromatic rings. The minimum absolute atomic E-state index is 0.0574. The highest BCUT2D eigenvalue weighted by Gasteiger charge is 2.91. The molecule has 0 amide bonds. The van der Waals surface area contributed by atoms with Crippen LogP contribution < -0.4 is 5.73 Å². The van der Waals surface area contributed by atoms with E-state index in [0.29, 0.717) is 42.0 Å². The van der Waals surface area contributed by atoms with Crippen LogP contribution in [0, 0.1) is 57.7 Å². The second-order valence-electron chi connectivity index (χ2n) is 14.9. The lowest BCUT2D eigenvalue weighted by atomic mass is 9.31. The Morgan fingerprint density at radius 2 is 2.04 bits per heavy atom. The second kappa shape index (κ2) is 10.3. The zero-order chi connectivity index (χ0) is 31.0. The number of carbonyl (C=O) groups is 2. The van der Waals surface area contributed by atoms with Crippen LogP contribution >= 0.6 is 0 Å². The number of esters is 2. The summed E-state index contributed by atoms with van der Waals surface area (Å²) < 4.78 is 13.3. The van der Waals surface area contributed by atoms with Crippen LogP contribution in [-0.4, -0.2) is 18.5 Å². The van der Waals surface area contributed by atoms with Crippen molar-refractivity contribution in [2.75, 3.05) is 6.54 Å². The molecule has 5 aliphatic carbocycles. The van der Waals surface area contributed by atoms with Crippen molar-refractivity contribution in [3.63, 3.8) is 0 Å². The molecular weight excluding hydrogens is 558 g/mol. The zero-order valence-electron chi connectivity index (χ0n) is 26.6. The third-order valence-corrected chi connectivity index (χ3v) is 13.1. The fraction of sp³-hybridized carbons (Fsp3) is 0.550. The monoisotopic (exact) mass is 603 g/mol. The molecular formula is C40H45NO4. The second-order valence-corrected chi connectivity index (χ2v) is 14.9. The van der Waals surface area contributed by atoms with Crippen LogP contribution in [0.1, 0.15) is 93.1 Å². The van der Waals surface area contributed by atoms with Crippen molar-refractivity contribution < 1.29 is 19.1 Å². The summed E-state index contributed by atoms with van der Waals surface area (Å²) in [5.74, 6) is 8.43. The van der Waals surface area contributed by atoms with Gasteiger partial charge in [-0.15, -0.1) is 5.92 Å². The molecule has 0 aromatic heterocycles. The lowest BCUT2D eigenvalue weighted by Crippen LogP contribution is -2.75. The standard InChI is InChI=1S/C40H45NO4/c1-3-26(2)24-32-38-22-19-27-10-6-14-30(37-20-5-4-13-29(37)15-8-21-37)17-18-33(44-36(38)43)39(38,25-27)40(32)31-16-7-11-28(12-9-23-41)34(31)35(42)45-40/h4-5,7,11,13,16,18-20,22,26-27,29-30,32H,3,8-9,12,14-15,17,21,23-25,41H2,1-2H3. The number of benzene rings is 1. The highest BCUT2D eigenvalue weighted by molar-refractivity contribution is 5.99. The maximum Gasteiger partial charge on any atom is 0.339 e. The van der Waals surface area contributed by atoms with Crippen molar-refractivity contribution in [2.24, 2.45) is 51.6 Å². The van der Waals surface area contributed by atoms with Crippen molar-refractivity contribution in [3.8, 4) is 11.8 Å². The lowest BCUT2D eigenvalue weighted by molar-refractivity contribution is -0.275. The van der Waals surface area contributed by atoms with E-state index >= 15 is 0 Å². The number of carbonyl (C=O) groups excluding carboxylic acids is 2. The predicted octanol–water partition coefficient (Wildman–Crippen LogP) is 7.33. The van der Waals surface area contributed by atoms with Gasteiger partial charge in [-0.2, -0.15) is 0 Å². The number of hydrogen-bond acceptors (Lipinski definition) is 5. The van der Waals surface area contributed by atoms with E-state index in [0.717, 1.165) is 56.1 Å². The van der Waals surface area contributed by atoms with Gasteiger partial charge >= 0.3 is 11.9 Å². The Hall–Kier alpha value is -3.36. The first kappa shape index (κ1) is 29.1. The Bertz CT molecular complexity index is 1640. The molecule has 5 heteroatoms. The van der Waals surface area contributed by atoms with E-state index in [2.05, 4.69) is 80.4 Å². The highest BCUT2D eigenvalue weighted by atomic mass is 16.6. The Balaban J connectivity index is 1.33. The van der Waals surface area contributed by atoms with Gasteiger partial charge in [-0.1, -0.05) is 87.3 Å². The van der Waals surface area contributed by atoms with Gasteiger partial charge in [-0.3, -0.25) is 4.79 Å². The molecule has 7 aliphatic rings. The molecule has 1 aromatic carbocycles. The van der Waals surface area contributed by atoms with E-state index in [4.69, 9.17) is 15.2 Å². The highest BCUT2D eigenvalue weighted by Crippen LogP contribution is 2.84. The molecule has 5 nitrogen and oxygen atoms in total. The molecule has 2 spiro atoms. The fourth-order valence-corrected chi connectivity index (χ4v) is 10.9. The van der Waals surface area contributed by atoms with E-state index < -0.39 is 16.4 Å². The van der Waals surface area contributed by atoms with Gasteiger partial charge in [-0.05, 0) is 86.3 Å². The van der Waals surface area contributed by atoms with Crippen molar-refractivity contribution in [1.29, 1.82) is 0 Å². The van der Waals surface area contributed by atoms with Gasteiger partial charge in [0.2, 0.25) is 0 Å². The molecule has 2 aliphatic heterocycles. The van der Waals surface area contributed by atoms with E-state index in [-0.39, 0.29) is 29.2 Å². The first-order valence-electron chi connectivity index (χ1n) is 17.4. The summed E-state index contributed by atoms with van der Waals surface area (Å²) in [6.07, 6.45) is 24.8. The molecule has 2 heterocycles. The minimum atomic E-state index is -0.986. The van der Waals surface area contributed by atoms with Gasteiger partial charge < -0.3 is 15.2 Å². The van der Waals surface area contributed by atoms with Crippen LogP contribution in [0.3, 0.4) is 0 Å². The van der Waals surface area contributed by atoms with E-state index in [1.54, 1.807) is 0 Å². The van der Waals surface area contributed by atoms with Crippen LogP contribution in [0.4, 0.5) is 0 Å². The van der Waals surface area contributed by atoms with E-state index in [9.17, 15) is 9.59 Å². The van der Waals surface area contributed by atoms with E-state index in [1.807, 2.05) is 6.07 Å². The van der Waals surface area contributed by atoms with Crippen molar-refractivity contribution in [1.82, 2.24) is 0 Å². The van der Waals surface area contributed by atoms with Gasteiger partial charge in [0.25, 0.3) is 0 Å². The molecule has 2 N–H and O–H groups in total. The van der Waals surface area contributed by atoms with Crippen LogP contribution in [-0.2, 0) is 26.3 Å². The maximum atomic E-state index is 14.4. The number of hydrogen-bond donors (Lipinski definition) is 1. The topological polar surface area (TPSA) is 78.6 Å². The summed E-state index contributed by atoms with van der Waals surface area (Å²) in [7, 11) is 0. The molecule has 8 rings (SSSR count). The van der Waals surface area contributed by atoms with Crippen LogP contribution in [0.5, 0.6) is 0 Å². The van der Waals surface area contributed by atoms with E-state index in [1.165, 1.54) is 12.8 Å². The quantitative estimate of drug-likeness (QED) is 0.201. The number of aryl methyl sites for hydroxylation is 1. The summed E-state index contributed by atoms with van der Waals surface area (Å²) in [6.45, 7) is 4.99. The maximum absolute atomic E-state index is 14.4. The summed E-state index contributed by atoms with van der Waals surface area (Å²) in [4.78, 5) is 28.5. The zero-order valence-corrected chi connectivity index (χ0v) is 26.6. The molecule has 3 fully saturated rings. The smallest absolute Gasteiger partial charge is 0.339 e. The molecule has 2 bridgehead atoms. The Labute approximate surface area is 267 Å². The lowest BCUT2D eigenvalue weighted by Gasteiger charge is -2.69. The third kappa shape index (κ3) is 3.56. The molecule has 45 heavy (non-hydrogen) atoms. The van der Waals surface area contributed by atoms with Crippen LogP contribution in [0.25, 0.3) is 0 Å². The Morgan fingerprint density at radius 1 is 1.16 bits per heavy atom. The summed E-state index contributed by atoms with van der Waals surface area (Å²) in [5.41, 5.74) is 5.87. The molecule has 9 unspecified atom stereocenters. The Morgan fingerprint density at radius 3 is 2.89 bits per heavy atom. The molecule has 0 radical (unpaired) electrons. The average molecular weight is 604 g/mol. The predicted molar refractivity (Wildman–Crippen MR) is 173 cm³/mol. The molecule has 2 saturated carbocycles. The van der Waals surface area contributed by atoms with Crippen molar-refractivity contribution in [3.05, 3.63) is 83.2 Å². The summed E-state index contributed by atoms with van der Waals surface area (Å²) in [6, 6.07) is 6.18. The first-order chi connectivity index (χ1) is 21.9. The largest absolute Gasteiger partial charge is 0.449 e. The average Bonchev–Trinajstić information content (AvgIpc) is 3.70. The number of allylic oxidation sites excluding steroid dienone is 6. The molecule has 9 atom stereocenters. The number of fused-ring (bicyclic) bond motifs is 4. The molecule has 234 valence electrons. The normalized spacial score (nSPS) is 40.4. The number of rotatable bonds is 7. The number of ether oxygens (including phenoxy) is 2. The van der Waals surface area contributed by atoms with Gasteiger partial charge in [0.15, 0.2) is 5.60 Å². The summed E-state index contributed by atoms with van der Waals surface area (Å²) in [5, 5.41) is 0. The fourth-order valence-electron chi connectivity index (χ4n) is 10.9. The Kier molecular flexibility index (Phi) is 6.67. The summed E-state index contributed by atoms with van der Waals surface area (Å²) >= 11 is 0. The van der Waals surface area contributed by atoms with Gasteiger partial charge in [-0.25, -0.2) is 4.79 Å². The van der Waals surface area contributed by atoms with Crippen LogP contribution in [0.2, 0.25) is 0 Å². The van der Waals surface area contributed by atoms with Gasteiger partial charge in [0.1, 0.15) is 11.2 Å². The third-order valence-electron chi connectivity index (χ3n) is 13.1. The van der Waals surface area contributed by atoms with Crippen molar-refractivity contribution in [2.45, 2.75) is 83.7 Å². The first-order valence-corrected chi connectivity index (χ1v) is 17.4. The number of nitrogens with two attached hydrogens (primary N) is 1. The van der Waals surface area contributed by atoms with Crippen molar-refractivity contribution >= 4 is 11.9 Å².